The van der Waals surface area contributed by atoms with Crippen LogP contribution in [0.25, 0.3) is 0 Å². The van der Waals surface area contributed by atoms with E-state index in [0.717, 1.165) is 43.6 Å². The van der Waals surface area contributed by atoms with Crippen LogP contribution in [-0.4, -0.2) is 29.8 Å². The lowest BCUT2D eigenvalue weighted by atomic mass is 9.89. The monoisotopic (exact) mass is 293 g/mol. The molecular formula is C17H31N3O. The molecule has 0 radical (unpaired) electrons. The molecule has 0 unspecified atom stereocenters. The van der Waals surface area contributed by atoms with E-state index in [1.165, 1.54) is 0 Å². The molecule has 1 rings (SSSR count). The Morgan fingerprint density at radius 3 is 2.00 bits per heavy atom. The Bertz CT molecular complexity index is 422. The van der Waals surface area contributed by atoms with Crippen LogP contribution in [0.15, 0.2) is 23.5 Å². The molecule has 1 aliphatic heterocycles. The molecule has 120 valence electrons. The van der Waals surface area contributed by atoms with Gasteiger partial charge in [0.05, 0.1) is 5.54 Å². The maximum atomic E-state index is 11.1. The fraction of sp³-hybridized carbons (Fsp3) is 0.706. The molecule has 0 aromatic heterocycles. The molecule has 0 atom stereocenters. The summed E-state index contributed by atoms with van der Waals surface area (Å²) in [7, 11) is 0. The van der Waals surface area contributed by atoms with Crippen molar-refractivity contribution in [1.29, 1.82) is 0 Å². The molecule has 1 heterocycles. The minimum atomic E-state index is -0.375. The number of allylic oxidation sites excluding steroid dienone is 4. The van der Waals surface area contributed by atoms with Gasteiger partial charge >= 0.3 is 0 Å². The molecule has 1 fully saturated rings. The van der Waals surface area contributed by atoms with E-state index in [4.69, 9.17) is 11.5 Å². The predicted octanol–water partition coefficient (Wildman–Crippen LogP) is 2.41. The topological polar surface area (TPSA) is 72.3 Å². The molecule has 0 aliphatic carbocycles. The number of carbonyl (C=O) groups excluding carboxylic acids is 1. The number of carbonyl (C=O) groups is 1. The van der Waals surface area contributed by atoms with Gasteiger partial charge < -0.3 is 16.3 Å². The van der Waals surface area contributed by atoms with Crippen molar-refractivity contribution in [3.8, 4) is 0 Å². The third kappa shape index (κ3) is 4.88. The van der Waals surface area contributed by atoms with E-state index < -0.39 is 0 Å². The highest BCUT2D eigenvalue weighted by atomic mass is 16.1. The standard InChI is InChI=1S/C17H31N3O/c1-16(2,3)15(19)7-6-14(18)13-8-10-20(11-9-13)17(4,5)12-21/h6-7,12-13H,8-11,18-19H2,1-5H3/b14-6-,15-7-. The van der Waals surface area contributed by atoms with Gasteiger partial charge in [-0.2, -0.15) is 0 Å². The van der Waals surface area contributed by atoms with Crippen LogP contribution in [0.4, 0.5) is 0 Å². The third-order valence-electron chi connectivity index (χ3n) is 4.39. The number of nitrogens with zero attached hydrogens (tertiary/aromatic N) is 1. The maximum Gasteiger partial charge on any atom is 0.139 e. The van der Waals surface area contributed by atoms with Gasteiger partial charge in [-0.15, -0.1) is 0 Å². The van der Waals surface area contributed by atoms with Gasteiger partial charge in [-0.3, -0.25) is 4.90 Å². The number of piperidine rings is 1. The summed E-state index contributed by atoms with van der Waals surface area (Å²) in [6.45, 7) is 12.0. The third-order valence-corrected chi connectivity index (χ3v) is 4.39. The molecule has 0 spiro atoms. The fourth-order valence-corrected chi connectivity index (χ4v) is 2.44. The summed E-state index contributed by atoms with van der Waals surface area (Å²) < 4.78 is 0. The summed E-state index contributed by atoms with van der Waals surface area (Å²) in [5.74, 6) is 0.382. The molecule has 4 heteroatoms. The second kappa shape index (κ2) is 6.65. The summed E-state index contributed by atoms with van der Waals surface area (Å²) in [6.07, 6.45) is 6.88. The Balaban J connectivity index is 2.64. The molecule has 0 aromatic rings. The van der Waals surface area contributed by atoms with Crippen molar-refractivity contribution >= 4 is 6.29 Å². The second-order valence-electron chi connectivity index (χ2n) is 7.57. The van der Waals surface area contributed by atoms with Crippen molar-refractivity contribution in [2.45, 2.75) is 53.0 Å². The molecule has 1 saturated heterocycles. The zero-order chi connectivity index (χ0) is 16.3. The quantitative estimate of drug-likeness (QED) is 0.617. The van der Waals surface area contributed by atoms with Crippen LogP contribution < -0.4 is 11.5 Å². The van der Waals surface area contributed by atoms with Gasteiger partial charge in [0.2, 0.25) is 0 Å². The van der Waals surface area contributed by atoms with Crippen LogP contribution in [0.3, 0.4) is 0 Å². The highest BCUT2D eigenvalue weighted by Gasteiger charge is 2.30. The number of nitrogens with two attached hydrogens (primary N) is 2. The zero-order valence-corrected chi connectivity index (χ0v) is 14.1. The minimum absolute atomic E-state index is 0.0336. The van der Waals surface area contributed by atoms with Gasteiger partial charge in [0, 0.05) is 22.7 Å². The number of likely N-dealkylation sites (tertiary alicyclic amines) is 1. The zero-order valence-electron chi connectivity index (χ0n) is 14.1. The number of aldehydes is 1. The Labute approximate surface area is 129 Å². The summed E-state index contributed by atoms with van der Waals surface area (Å²) in [6, 6.07) is 0. The highest BCUT2D eigenvalue weighted by Crippen LogP contribution is 2.26. The predicted molar refractivity (Wildman–Crippen MR) is 88.4 cm³/mol. The van der Waals surface area contributed by atoms with E-state index in [1.54, 1.807) is 0 Å². The van der Waals surface area contributed by atoms with Crippen molar-refractivity contribution < 1.29 is 4.79 Å². The normalized spacial score (nSPS) is 20.6. The molecule has 4 nitrogen and oxygen atoms in total. The number of rotatable bonds is 4. The van der Waals surface area contributed by atoms with E-state index in [2.05, 4.69) is 25.7 Å². The summed E-state index contributed by atoms with van der Waals surface area (Å²) >= 11 is 0. The largest absolute Gasteiger partial charge is 0.402 e. The van der Waals surface area contributed by atoms with Gasteiger partial charge in [0.1, 0.15) is 6.29 Å². The fourth-order valence-electron chi connectivity index (χ4n) is 2.44. The lowest BCUT2D eigenvalue weighted by molar-refractivity contribution is -0.117. The van der Waals surface area contributed by atoms with Crippen molar-refractivity contribution in [3.63, 3.8) is 0 Å². The Hall–Kier alpha value is -1.29. The molecule has 1 aliphatic rings. The van der Waals surface area contributed by atoms with Crippen LogP contribution in [0.2, 0.25) is 0 Å². The first-order valence-corrected chi connectivity index (χ1v) is 7.72. The van der Waals surface area contributed by atoms with Crippen LogP contribution in [0.5, 0.6) is 0 Å². The first-order chi connectivity index (χ1) is 9.58. The van der Waals surface area contributed by atoms with Gasteiger partial charge in [-0.05, 0) is 51.9 Å². The van der Waals surface area contributed by atoms with E-state index >= 15 is 0 Å². The molecular weight excluding hydrogens is 262 g/mol. The first kappa shape index (κ1) is 17.8. The van der Waals surface area contributed by atoms with Gasteiger partial charge in [0.25, 0.3) is 0 Å². The number of hydrogen-bond donors (Lipinski definition) is 2. The lowest BCUT2D eigenvalue weighted by Crippen LogP contribution is -2.49. The van der Waals surface area contributed by atoms with Crippen molar-refractivity contribution in [1.82, 2.24) is 4.90 Å². The molecule has 0 bridgehead atoms. The van der Waals surface area contributed by atoms with Crippen molar-refractivity contribution in [2.24, 2.45) is 22.8 Å². The van der Waals surface area contributed by atoms with E-state index in [9.17, 15) is 4.79 Å². The Morgan fingerprint density at radius 2 is 1.57 bits per heavy atom. The van der Waals surface area contributed by atoms with Crippen LogP contribution in [-0.2, 0) is 4.79 Å². The molecule has 0 saturated carbocycles. The summed E-state index contributed by atoms with van der Waals surface area (Å²) in [4.78, 5) is 13.3. The van der Waals surface area contributed by atoms with Gasteiger partial charge in [0.15, 0.2) is 0 Å². The van der Waals surface area contributed by atoms with Gasteiger partial charge in [-0.25, -0.2) is 0 Å². The van der Waals surface area contributed by atoms with E-state index in [1.807, 2.05) is 26.0 Å². The average Bonchev–Trinajstić information content (AvgIpc) is 2.43. The van der Waals surface area contributed by atoms with Gasteiger partial charge in [-0.1, -0.05) is 20.8 Å². The molecule has 0 amide bonds. The minimum Gasteiger partial charge on any atom is -0.402 e. The van der Waals surface area contributed by atoms with Crippen molar-refractivity contribution in [2.75, 3.05) is 13.1 Å². The second-order valence-corrected chi connectivity index (χ2v) is 7.57. The van der Waals surface area contributed by atoms with E-state index in [0.29, 0.717) is 5.92 Å². The molecule has 4 N–H and O–H groups in total. The average molecular weight is 293 g/mol. The molecule has 0 aromatic carbocycles. The van der Waals surface area contributed by atoms with Crippen LogP contribution in [0.1, 0.15) is 47.5 Å². The molecule has 21 heavy (non-hydrogen) atoms. The Morgan fingerprint density at radius 1 is 1.05 bits per heavy atom. The first-order valence-electron chi connectivity index (χ1n) is 7.72. The highest BCUT2D eigenvalue weighted by molar-refractivity contribution is 5.62. The van der Waals surface area contributed by atoms with Crippen molar-refractivity contribution in [3.05, 3.63) is 23.5 Å². The lowest BCUT2D eigenvalue weighted by Gasteiger charge is -2.39. The maximum absolute atomic E-state index is 11.1. The smallest absolute Gasteiger partial charge is 0.139 e. The summed E-state index contributed by atoms with van der Waals surface area (Å²) in [5, 5.41) is 0. The SMILES string of the molecule is CC(C)(C)/C(N)=C/C=C(\N)C1CCN(C(C)(C)C=O)CC1. The summed E-state index contributed by atoms with van der Waals surface area (Å²) in [5.41, 5.74) is 13.6. The van der Waals surface area contributed by atoms with E-state index in [-0.39, 0.29) is 11.0 Å². The van der Waals surface area contributed by atoms with Crippen LogP contribution in [0, 0.1) is 11.3 Å². The Kier molecular flexibility index (Phi) is 5.62. The number of hydrogen-bond acceptors (Lipinski definition) is 4. The van der Waals surface area contributed by atoms with Crippen LogP contribution >= 0.6 is 0 Å².